The minimum absolute atomic E-state index is 0.265. The molecule has 16 heavy (non-hydrogen) atoms. The van der Waals surface area contributed by atoms with Crippen LogP contribution in [-0.2, 0) is 4.79 Å². The van der Waals surface area contributed by atoms with E-state index in [1.54, 1.807) is 6.07 Å². The van der Waals surface area contributed by atoms with Crippen LogP contribution < -0.4 is 11.1 Å². The number of benzene rings is 1. The van der Waals surface area contributed by atoms with Crippen molar-refractivity contribution in [3.05, 3.63) is 34.9 Å². The smallest absolute Gasteiger partial charge is 0.293 e. The molecular formula is C11H6N2O3. The molecule has 1 aliphatic heterocycles. The van der Waals surface area contributed by atoms with Crippen molar-refractivity contribution >= 4 is 17.7 Å². The van der Waals surface area contributed by atoms with E-state index in [0.717, 1.165) is 0 Å². The molecule has 0 aromatic heterocycles. The Morgan fingerprint density at radius 1 is 1.19 bits per heavy atom. The summed E-state index contributed by atoms with van der Waals surface area (Å²) in [6.45, 7) is 0. The summed E-state index contributed by atoms with van der Waals surface area (Å²) in [5, 5.41) is 2.16. The van der Waals surface area contributed by atoms with E-state index in [-0.39, 0.29) is 5.56 Å². The monoisotopic (exact) mass is 214 g/mol. The first-order valence-corrected chi connectivity index (χ1v) is 4.39. The highest BCUT2D eigenvalue weighted by atomic mass is 16.2. The minimum atomic E-state index is -0.749. The van der Waals surface area contributed by atoms with Crippen molar-refractivity contribution in [3.63, 3.8) is 0 Å². The third kappa shape index (κ3) is 1.64. The average molecular weight is 214 g/mol. The number of carbonyl (C=O) groups is 3. The summed E-state index contributed by atoms with van der Waals surface area (Å²) >= 11 is 0. The number of carbonyl (C=O) groups excluding carboxylic acids is 3. The van der Waals surface area contributed by atoms with Crippen LogP contribution in [0.2, 0.25) is 0 Å². The molecule has 2 rings (SSSR count). The van der Waals surface area contributed by atoms with E-state index in [2.05, 4.69) is 17.2 Å². The Balaban J connectivity index is 2.46. The molecule has 1 aromatic carbocycles. The second-order valence-corrected chi connectivity index (χ2v) is 3.16. The Labute approximate surface area is 90.6 Å². The highest BCUT2D eigenvalue weighted by Gasteiger charge is 2.26. The Kier molecular flexibility index (Phi) is 2.18. The van der Waals surface area contributed by atoms with Gasteiger partial charge in [-0.05, 0) is 24.1 Å². The molecule has 1 aromatic rings. The van der Waals surface area contributed by atoms with Crippen LogP contribution in [0.5, 0.6) is 0 Å². The molecule has 0 fully saturated rings. The molecule has 0 atom stereocenters. The van der Waals surface area contributed by atoms with E-state index in [1.807, 2.05) is 0 Å². The standard InChI is InChI=1S/C11H6N2O3/c12-9(14)4-2-6-1-3-7-8(5-6)11(16)13-10(7)15/h1,3,5H,(H2,12,14)(H,13,15,16). The third-order valence-corrected chi connectivity index (χ3v) is 2.07. The summed E-state index contributed by atoms with van der Waals surface area (Å²) in [5.74, 6) is 3.02. The number of fused-ring (bicyclic) bond motifs is 1. The number of nitrogens with two attached hydrogens (primary N) is 1. The van der Waals surface area contributed by atoms with Gasteiger partial charge in [0.2, 0.25) is 0 Å². The van der Waals surface area contributed by atoms with E-state index in [9.17, 15) is 14.4 Å². The van der Waals surface area contributed by atoms with Crippen LogP contribution in [0.4, 0.5) is 0 Å². The molecule has 0 radical (unpaired) electrons. The lowest BCUT2D eigenvalue weighted by Gasteiger charge is -1.94. The fourth-order valence-electron chi connectivity index (χ4n) is 1.38. The van der Waals surface area contributed by atoms with Crippen LogP contribution in [0.1, 0.15) is 26.3 Å². The van der Waals surface area contributed by atoms with Crippen LogP contribution in [0.3, 0.4) is 0 Å². The van der Waals surface area contributed by atoms with Crippen molar-refractivity contribution in [3.8, 4) is 11.8 Å². The minimum Gasteiger partial charge on any atom is -0.359 e. The number of hydrogen-bond donors (Lipinski definition) is 2. The second-order valence-electron chi connectivity index (χ2n) is 3.16. The van der Waals surface area contributed by atoms with Gasteiger partial charge in [0, 0.05) is 5.56 Å². The molecule has 3 N–H and O–H groups in total. The summed E-state index contributed by atoms with van der Waals surface area (Å²) < 4.78 is 0. The largest absolute Gasteiger partial charge is 0.359 e. The van der Waals surface area contributed by atoms with Crippen molar-refractivity contribution in [2.75, 3.05) is 0 Å². The molecule has 0 bridgehead atoms. The van der Waals surface area contributed by atoms with Gasteiger partial charge in [0.25, 0.3) is 17.7 Å². The predicted octanol–water partition coefficient (Wildman–Crippen LogP) is -0.593. The Bertz CT molecular complexity index is 579. The van der Waals surface area contributed by atoms with Gasteiger partial charge in [-0.15, -0.1) is 0 Å². The van der Waals surface area contributed by atoms with E-state index < -0.39 is 17.7 Å². The third-order valence-electron chi connectivity index (χ3n) is 2.07. The molecule has 3 amide bonds. The quantitative estimate of drug-likeness (QED) is 0.446. The predicted molar refractivity (Wildman–Crippen MR) is 54.3 cm³/mol. The molecular weight excluding hydrogens is 208 g/mol. The lowest BCUT2D eigenvalue weighted by Crippen LogP contribution is -2.19. The van der Waals surface area contributed by atoms with Crippen molar-refractivity contribution in [2.24, 2.45) is 5.73 Å². The Morgan fingerprint density at radius 2 is 1.88 bits per heavy atom. The zero-order valence-corrected chi connectivity index (χ0v) is 8.03. The molecule has 0 unspecified atom stereocenters. The lowest BCUT2D eigenvalue weighted by molar-refractivity contribution is -0.112. The molecule has 1 heterocycles. The molecule has 0 saturated carbocycles. The summed E-state index contributed by atoms with van der Waals surface area (Å²) in [5.41, 5.74) is 5.90. The molecule has 0 aliphatic carbocycles. The van der Waals surface area contributed by atoms with Gasteiger partial charge < -0.3 is 5.73 Å². The first-order valence-electron chi connectivity index (χ1n) is 4.39. The molecule has 0 spiro atoms. The number of amides is 3. The van der Waals surface area contributed by atoms with Crippen molar-refractivity contribution in [1.29, 1.82) is 0 Å². The van der Waals surface area contributed by atoms with Gasteiger partial charge in [-0.2, -0.15) is 0 Å². The van der Waals surface area contributed by atoms with Crippen LogP contribution in [0, 0.1) is 11.8 Å². The normalized spacial score (nSPS) is 12.5. The maximum absolute atomic E-state index is 11.3. The summed E-state index contributed by atoms with van der Waals surface area (Å²) in [7, 11) is 0. The zero-order chi connectivity index (χ0) is 11.7. The Hall–Kier alpha value is -2.61. The average Bonchev–Trinajstić information content (AvgIpc) is 2.52. The number of primary amides is 1. The highest BCUT2D eigenvalue weighted by molar-refractivity contribution is 6.21. The van der Waals surface area contributed by atoms with E-state index in [0.29, 0.717) is 11.1 Å². The number of hydrogen-bond acceptors (Lipinski definition) is 3. The fourth-order valence-corrected chi connectivity index (χ4v) is 1.38. The van der Waals surface area contributed by atoms with Crippen LogP contribution in [-0.4, -0.2) is 17.7 Å². The van der Waals surface area contributed by atoms with Gasteiger partial charge in [0.05, 0.1) is 11.1 Å². The van der Waals surface area contributed by atoms with Gasteiger partial charge >= 0.3 is 0 Å². The van der Waals surface area contributed by atoms with Crippen LogP contribution in [0.15, 0.2) is 18.2 Å². The lowest BCUT2D eigenvalue weighted by atomic mass is 10.1. The molecule has 5 nitrogen and oxygen atoms in total. The summed E-state index contributed by atoms with van der Waals surface area (Å²) in [6.07, 6.45) is 0. The van der Waals surface area contributed by atoms with E-state index in [4.69, 9.17) is 5.73 Å². The maximum atomic E-state index is 11.3. The first-order chi connectivity index (χ1) is 7.58. The molecule has 78 valence electrons. The maximum Gasteiger partial charge on any atom is 0.293 e. The molecule has 1 aliphatic rings. The van der Waals surface area contributed by atoms with E-state index in [1.165, 1.54) is 12.1 Å². The second kappa shape index (κ2) is 3.51. The van der Waals surface area contributed by atoms with Crippen molar-refractivity contribution in [2.45, 2.75) is 0 Å². The van der Waals surface area contributed by atoms with Gasteiger partial charge in [-0.25, -0.2) is 0 Å². The van der Waals surface area contributed by atoms with Gasteiger partial charge in [0.1, 0.15) is 0 Å². The summed E-state index contributed by atoms with van der Waals surface area (Å²) in [4.78, 5) is 32.9. The highest BCUT2D eigenvalue weighted by Crippen LogP contribution is 2.16. The van der Waals surface area contributed by atoms with Gasteiger partial charge in [-0.1, -0.05) is 5.92 Å². The van der Waals surface area contributed by atoms with Crippen molar-refractivity contribution in [1.82, 2.24) is 5.32 Å². The topological polar surface area (TPSA) is 89.3 Å². The van der Waals surface area contributed by atoms with Crippen LogP contribution >= 0.6 is 0 Å². The molecule has 5 heteroatoms. The SMILES string of the molecule is NC(=O)C#Cc1ccc2c(c1)C(=O)NC2=O. The van der Waals surface area contributed by atoms with Crippen LogP contribution in [0.25, 0.3) is 0 Å². The zero-order valence-electron chi connectivity index (χ0n) is 8.03. The first kappa shape index (κ1) is 9.93. The number of rotatable bonds is 0. The van der Waals surface area contributed by atoms with Gasteiger partial charge in [-0.3, -0.25) is 19.7 Å². The van der Waals surface area contributed by atoms with Crippen molar-refractivity contribution < 1.29 is 14.4 Å². The van der Waals surface area contributed by atoms with E-state index >= 15 is 0 Å². The fraction of sp³-hybridized carbons (Fsp3) is 0. The van der Waals surface area contributed by atoms with Gasteiger partial charge in [0.15, 0.2) is 0 Å². The number of imide groups is 1. The Morgan fingerprint density at radius 3 is 2.56 bits per heavy atom. The summed E-state index contributed by atoms with van der Waals surface area (Å²) in [6, 6.07) is 4.49. The molecule has 0 saturated heterocycles. The number of nitrogens with one attached hydrogen (secondary N) is 1.